The van der Waals surface area contributed by atoms with Gasteiger partial charge < -0.3 is 14.3 Å². The van der Waals surface area contributed by atoms with Crippen molar-refractivity contribution >= 4 is 35.4 Å². The molecule has 0 radical (unpaired) electrons. The van der Waals surface area contributed by atoms with Gasteiger partial charge >= 0.3 is 5.97 Å². The highest BCUT2D eigenvalue weighted by molar-refractivity contribution is 8.03. The van der Waals surface area contributed by atoms with Crippen LogP contribution in [0.15, 0.2) is 63.1 Å². The molecule has 0 saturated carbocycles. The first-order valence-corrected chi connectivity index (χ1v) is 8.62. The third-order valence-electron chi connectivity index (χ3n) is 3.34. The smallest absolute Gasteiger partial charge is 0.342 e. The number of ether oxygens (including phenoxy) is 1. The maximum absolute atomic E-state index is 11.6. The lowest BCUT2D eigenvalue weighted by Gasteiger charge is -2.05. The fraction of sp³-hybridized carbons (Fsp3) is 0.0556. The summed E-state index contributed by atoms with van der Waals surface area (Å²) in [6.45, 7) is 0. The Hall–Kier alpha value is -2.77. The molecule has 0 unspecified atom stereocenters. The minimum atomic E-state index is -1.11. The summed E-state index contributed by atoms with van der Waals surface area (Å²) >= 11 is 6.97. The molecule has 0 saturated heterocycles. The van der Waals surface area contributed by atoms with Crippen molar-refractivity contribution in [2.75, 3.05) is 7.11 Å². The second-order valence-corrected chi connectivity index (χ2v) is 6.41. The van der Waals surface area contributed by atoms with Gasteiger partial charge in [0.1, 0.15) is 10.7 Å². The van der Waals surface area contributed by atoms with E-state index in [4.69, 9.17) is 20.8 Å². The van der Waals surface area contributed by atoms with Crippen LogP contribution in [0.3, 0.4) is 0 Å². The molecule has 0 aliphatic carbocycles. The Bertz CT molecular complexity index is 971. The zero-order valence-electron chi connectivity index (χ0n) is 13.5. The lowest BCUT2D eigenvalue weighted by molar-refractivity contribution is -0.131. The third-order valence-corrected chi connectivity index (χ3v) is 4.53. The number of aliphatic carboxylic acids is 1. The van der Waals surface area contributed by atoms with E-state index in [-0.39, 0.29) is 16.0 Å². The predicted octanol–water partition coefficient (Wildman–Crippen LogP) is 4.62. The fourth-order valence-corrected chi connectivity index (χ4v) is 3.03. The highest BCUT2D eigenvalue weighted by Crippen LogP contribution is 2.33. The zero-order valence-corrected chi connectivity index (χ0v) is 15.1. The first-order valence-electron chi connectivity index (χ1n) is 7.42. The van der Waals surface area contributed by atoms with E-state index in [9.17, 15) is 9.90 Å². The normalized spacial score (nSPS) is 11.4. The molecule has 2 aromatic carbocycles. The van der Waals surface area contributed by atoms with E-state index >= 15 is 0 Å². The SMILES string of the molecule is COc1ccccc1/C=C(/Sc1nnc(-c2ccccc2Cl)o1)C(=O)O. The second-order valence-electron chi connectivity index (χ2n) is 5.01. The summed E-state index contributed by atoms with van der Waals surface area (Å²) < 4.78 is 10.8. The summed E-state index contributed by atoms with van der Waals surface area (Å²) in [5, 5.41) is 17.9. The minimum absolute atomic E-state index is 0.0175. The van der Waals surface area contributed by atoms with Gasteiger partial charge in [-0.3, -0.25) is 0 Å². The molecule has 0 bridgehead atoms. The Morgan fingerprint density at radius 3 is 2.65 bits per heavy atom. The van der Waals surface area contributed by atoms with Gasteiger partial charge in [0.05, 0.1) is 17.7 Å². The van der Waals surface area contributed by atoms with Crippen LogP contribution in [0.2, 0.25) is 5.02 Å². The van der Waals surface area contributed by atoms with E-state index in [1.807, 2.05) is 0 Å². The molecule has 0 amide bonds. The van der Waals surface area contributed by atoms with Gasteiger partial charge in [0.2, 0.25) is 5.89 Å². The van der Waals surface area contributed by atoms with Crippen LogP contribution in [0.25, 0.3) is 17.5 Å². The van der Waals surface area contributed by atoms with Crippen LogP contribution >= 0.6 is 23.4 Å². The average Bonchev–Trinajstić information content (AvgIpc) is 3.10. The number of carboxylic acids is 1. The number of rotatable bonds is 6. The molecular formula is C18H13ClN2O4S. The fourth-order valence-electron chi connectivity index (χ4n) is 2.15. The van der Waals surface area contributed by atoms with Gasteiger partial charge in [-0.15, -0.1) is 10.2 Å². The van der Waals surface area contributed by atoms with Crippen molar-refractivity contribution in [3.05, 3.63) is 64.0 Å². The van der Waals surface area contributed by atoms with E-state index in [2.05, 4.69) is 10.2 Å². The Morgan fingerprint density at radius 2 is 1.92 bits per heavy atom. The molecule has 0 atom stereocenters. The molecule has 3 rings (SSSR count). The number of aromatic nitrogens is 2. The molecule has 0 aliphatic rings. The summed E-state index contributed by atoms with van der Waals surface area (Å²) in [5.74, 6) is -0.326. The summed E-state index contributed by atoms with van der Waals surface area (Å²) in [6, 6.07) is 14.1. The van der Waals surface area contributed by atoms with Crippen molar-refractivity contribution in [2.45, 2.75) is 5.22 Å². The number of para-hydroxylation sites is 1. The van der Waals surface area contributed by atoms with Crippen molar-refractivity contribution in [1.29, 1.82) is 0 Å². The summed E-state index contributed by atoms with van der Waals surface area (Å²) in [5.41, 5.74) is 1.21. The number of halogens is 1. The van der Waals surface area contributed by atoms with E-state index in [0.29, 0.717) is 21.9 Å². The van der Waals surface area contributed by atoms with Crippen molar-refractivity contribution in [3.63, 3.8) is 0 Å². The molecule has 0 spiro atoms. The molecule has 132 valence electrons. The molecule has 6 nitrogen and oxygen atoms in total. The first-order chi connectivity index (χ1) is 12.6. The summed E-state index contributed by atoms with van der Waals surface area (Å²) in [7, 11) is 1.52. The number of benzene rings is 2. The molecule has 3 aromatic rings. The topological polar surface area (TPSA) is 85.5 Å². The zero-order chi connectivity index (χ0) is 18.5. The molecule has 0 aliphatic heterocycles. The number of thioether (sulfide) groups is 1. The molecule has 26 heavy (non-hydrogen) atoms. The minimum Gasteiger partial charge on any atom is -0.496 e. The number of methoxy groups -OCH3 is 1. The van der Waals surface area contributed by atoms with Crippen molar-refractivity contribution in [2.24, 2.45) is 0 Å². The number of carbonyl (C=O) groups is 1. The Morgan fingerprint density at radius 1 is 1.19 bits per heavy atom. The highest BCUT2D eigenvalue weighted by atomic mass is 35.5. The predicted molar refractivity (Wildman–Crippen MR) is 99.2 cm³/mol. The van der Waals surface area contributed by atoms with E-state index in [1.54, 1.807) is 48.5 Å². The van der Waals surface area contributed by atoms with Crippen LogP contribution in [0, 0.1) is 0 Å². The molecule has 1 N–H and O–H groups in total. The van der Waals surface area contributed by atoms with Gasteiger partial charge in [-0.05, 0) is 36.0 Å². The van der Waals surface area contributed by atoms with Gasteiger partial charge in [0.25, 0.3) is 5.22 Å². The van der Waals surface area contributed by atoms with Crippen molar-refractivity contribution in [1.82, 2.24) is 10.2 Å². The lowest BCUT2D eigenvalue weighted by Crippen LogP contribution is -1.97. The van der Waals surface area contributed by atoms with E-state index < -0.39 is 5.97 Å². The lowest BCUT2D eigenvalue weighted by atomic mass is 10.2. The van der Waals surface area contributed by atoms with Crippen LogP contribution in [-0.2, 0) is 4.79 Å². The monoisotopic (exact) mass is 388 g/mol. The third kappa shape index (κ3) is 4.07. The number of hydrogen-bond acceptors (Lipinski definition) is 6. The standard InChI is InChI=1S/C18H13ClN2O4S/c1-24-14-9-5-2-6-11(14)10-15(17(22)23)26-18-21-20-16(25-18)12-7-3-4-8-13(12)19/h2-10H,1H3,(H,22,23)/b15-10+. The Labute approximate surface area is 158 Å². The highest BCUT2D eigenvalue weighted by Gasteiger charge is 2.17. The van der Waals surface area contributed by atoms with Gasteiger partial charge in [-0.25, -0.2) is 4.79 Å². The quantitative estimate of drug-likeness (QED) is 0.487. The van der Waals surface area contributed by atoms with Crippen molar-refractivity contribution in [3.8, 4) is 17.2 Å². The van der Waals surface area contributed by atoms with Gasteiger partial charge in [0, 0.05) is 5.56 Å². The van der Waals surface area contributed by atoms with Gasteiger partial charge in [0.15, 0.2) is 0 Å². The molecular weight excluding hydrogens is 376 g/mol. The van der Waals surface area contributed by atoms with Crippen LogP contribution < -0.4 is 4.74 Å². The maximum Gasteiger partial charge on any atom is 0.342 e. The first kappa shape index (κ1) is 18.0. The number of hydrogen-bond donors (Lipinski definition) is 1. The molecule has 0 fully saturated rings. The summed E-state index contributed by atoms with van der Waals surface area (Å²) in [4.78, 5) is 11.6. The second kappa shape index (κ2) is 8.07. The van der Waals surface area contributed by atoms with Crippen LogP contribution in [0.4, 0.5) is 0 Å². The largest absolute Gasteiger partial charge is 0.496 e. The van der Waals surface area contributed by atoms with E-state index in [1.165, 1.54) is 13.2 Å². The van der Waals surface area contributed by atoms with Crippen LogP contribution in [-0.4, -0.2) is 28.4 Å². The van der Waals surface area contributed by atoms with Gasteiger partial charge in [-0.1, -0.05) is 41.9 Å². The van der Waals surface area contributed by atoms with E-state index in [0.717, 1.165) is 11.8 Å². The Balaban J connectivity index is 1.89. The average molecular weight is 389 g/mol. The molecule has 8 heteroatoms. The summed E-state index contributed by atoms with van der Waals surface area (Å²) in [6.07, 6.45) is 1.49. The number of nitrogens with zero attached hydrogens (tertiary/aromatic N) is 2. The van der Waals surface area contributed by atoms with Gasteiger partial charge in [-0.2, -0.15) is 0 Å². The molecule has 1 aromatic heterocycles. The maximum atomic E-state index is 11.6. The van der Waals surface area contributed by atoms with Crippen LogP contribution in [0.1, 0.15) is 5.56 Å². The Kier molecular flexibility index (Phi) is 5.60. The van der Waals surface area contributed by atoms with Crippen molar-refractivity contribution < 1.29 is 19.1 Å². The number of carboxylic acid groups (broad SMARTS) is 1. The molecule has 1 heterocycles. The van der Waals surface area contributed by atoms with Crippen LogP contribution in [0.5, 0.6) is 5.75 Å².